The Morgan fingerprint density at radius 1 is 0.923 bits per heavy atom. The fourth-order valence-corrected chi connectivity index (χ4v) is 4.86. The van der Waals surface area contributed by atoms with Crippen molar-refractivity contribution in [3.8, 4) is 0 Å². The van der Waals surface area contributed by atoms with Gasteiger partial charge in [-0.2, -0.15) is 0 Å². The Kier molecular flexibility index (Phi) is 9.65. The molecule has 210 valence electrons. The summed E-state index contributed by atoms with van der Waals surface area (Å²) in [6.45, 7) is 6.72. The molecule has 39 heavy (non-hydrogen) atoms. The molecule has 3 heterocycles. The van der Waals surface area contributed by atoms with Crippen LogP contribution in [0.2, 0.25) is 0 Å². The number of anilines is 3. The fourth-order valence-electron chi connectivity index (χ4n) is 3.90. The number of aromatic nitrogens is 3. The van der Waals surface area contributed by atoms with Crippen LogP contribution in [0.15, 0.2) is 24.5 Å². The van der Waals surface area contributed by atoms with Crippen molar-refractivity contribution in [3.63, 3.8) is 0 Å². The zero-order valence-corrected chi connectivity index (χ0v) is 24.2. The molecule has 0 bridgehead atoms. The predicted molar refractivity (Wildman–Crippen MR) is 153 cm³/mol. The molecule has 3 aromatic heterocycles. The Morgan fingerprint density at radius 2 is 1.49 bits per heavy atom. The molecule has 0 aromatic carbocycles. The number of aryl methyl sites for hydroxylation is 2. The van der Waals surface area contributed by atoms with Gasteiger partial charge < -0.3 is 30.0 Å². The van der Waals surface area contributed by atoms with E-state index in [0.29, 0.717) is 40.1 Å². The van der Waals surface area contributed by atoms with Gasteiger partial charge in [0, 0.05) is 44.8 Å². The fraction of sp³-hybridized carbons (Fsp3) is 0.423. The van der Waals surface area contributed by atoms with E-state index in [2.05, 4.69) is 26.3 Å². The van der Waals surface area contributed by atoms with Crippen molar-refractivity contribution in [3.05, 3.63) is 46.5 Å². The van der Waals surface area contributed by atoms with Crippen molar-refractivity contribution in [2.24, 2.45) is 14.1 Å². The molecule has 0 aliphatic heterocycles. The first-order chi connectivity index (χ1) is 18.3. The van der Waals surface area contributed by atoms with Crippen molar-refractivity contribution in [2.45, 2.75) is 33.1 Å². The molecule has 0 unspecified atom stereocenters. The van der Waals surface area contributed by atoms with Gasteiger partial charge in [0.2, 0.25) is 5.91 Å². The smallest absolute Gasteiger partial charge is 0.274 e. The van der Waals surface area contributed by atoms with Gasteiger partial charge >= 0.3 is 0 Å². The largest absolute Gasteiger partial charge is 0.351 e. The predicted octanol–water partition coefficient (Wildman–Crippen LogP) is 3.09. The molecule has 0 aliphatic carbocycles. The number of amides is 4. The second kappa shape index (κ2) is 12.7. The molecular formula is C26H36N8O4S. The maximum absolute atomic E-state index is 13.1. The van der Waals surface area contributed by atoms with Crippen molar-refractivity contribution in [1.82, 2.24) is 24.3 Å². The Bertz CT molecular complexity index is 1370. The van der Waals surface area contributed by atoms with Crippen LogP contribution in [0.3, 0.4) is 0 Å². The number of nitrogens with zero attached hydrogens (tertiary/aromatic N) is 4. The molecule has 0 saturated carbocycles. The number of rotatable bonds is 11. The summed E-state index contributed by atoms with van der Waals surface area (Å²) in [6.07, 6.45) is 4.08. The lowest BCUT2D eigenvalue weighted by atomic mass is 10.1. The first-order valence-corrected chi connectivity index (χ1v) is 13.3. The van der Waals surface area contributed by atoms with Crippen LogP contribution in [0, 0.1) is 0 Å². The van der Waals surface area contributed by atoms with Gasteiger partial charge in [-0.1, -0.05) is 13.8 Å². The lowest BCUT2D eigenvalue weighted by molar-refractivity contribution is -0.114. The molecule has 4 N–H and O–H groups in total. The topological polar surface area (TPSA) is 142 Å². The van der Waals surface area contributed by atoms with E-state index in [1.165, 1.54) is 18.3 Å². The van der Waals surface area contributed by atoms with Gasteiger partial charge in [-0.05, 0) is 45.1 Å². The standard InChI is InChI=1S/C26H36N8O4S/c1-15(2)22-21(25(38)27-9-8-10-32(4)5)30-26(39-22)31-24(37)20-12-18(14-34(20)7)29-23(36)19-11-17(13-33(19)6)28-16(3)35/h11-15H,8-10H2,1-7H3,(H,27,38)(H,28,35)(H,29,36)(H,30,31,37). The number of hydrogen-bond acceptors (Lipinski definition) is 7. The normalized spacial score (nSPS) is 11.1. The van der Waals surface area contributed by atoms with Crippen LogP contribution in [-0.2, 0) is 18.9 Å². The van der Waals surface area contributed by atoms with Gasteiger partial charge in [0.05, 0.1) is 11.4 Å². The maximum atomic E-state index is 13.1. The zero-order chi connectivity index (χ0) is 28.9. The van der Waals surface area contributed by atoms with E-state index in [1.807, 2.05) is 32.8 Å². The van der Waals surface area contributed by atoms with E-state index < -0.39 is 11.8 Å². The van der Waals surface area contributed by atoms with Gasteiger partial charge in [-0.3, -0.25) is 24.5 Å². The van der Waals surface area contributed by atoms with Crippen molar-refractivity contribution < 1.29 is 19.2 Å². The zero-order valence-electron chi connectivity index (χ0n) is 23.3. The van der Waals surface area contributed by atoms with Gasteiger partial charge in [-0.25, -0.2) is 4.98 Å². The first-order valence-electron chi connectivity index (χ1n) is 12.5. The average Bonchev–Trinajstić information content (AvgIpc) is 3.52. The molecule has 3 rings (SSSR count). The Labute approximate surface area is 231 Å². The molecule has 0 fully saturated rings. The highest BCUT2D eigenvalue weighted by Crippen LogP contribution is 2.30. The molecular weight excluding hydrogens is 520 g/mol. The Morgan fingerprint density at radius 3 is 2.03 bits per heavy atom. The second-order valence-electron chi connectivity index (χ2n) is 9.84. The highest BCUT2D eigenvalue weighted by atomic mass is 32.1. The van der Waals surface area contributed by atoms with Crippen LogP contribution in [0.1, 0.15) is 69.5 Å². The molecule has 3 aromatic rings. The molecule has 0 atom stereocenters. The minimum Gasteiger partial charge on any atom is -0.351 e. The number of nitrogens with one attached hydrogen (secondary N) is 4. The third-order valence-corrected chi connectivity index (χ3v) is 7.01. The number of thiazole rings is 1. The summed E-state index contributed by atoms with van der Waals surface area (Å²) in [7, 11) is 7.34. The molecule has 12 nitrogen and oxygen atoms in total. The van der Waals surface area contributed by atoms with Gasteiger partial charge in [0.1, 0.15) is 17.1 Å². The van der Waals surface area contributed by atoms with Gasteiger partial charge in [0.25, 0.3) is 17.7 Å². The second-order valence-corrected chi connectivity index (χ2v) is 10.9. The van der Waals surface area contributed by atoms with Crippen molar-refractivity contribution in [1.29, 1.82) is 0 Å². The summed E-state index contributed by atoms with van der Waals surface area (Å²) in [5.74, 6) is -1.27. The van der Waals surface area contributed by atoms with Gasteiger partial charge in [-0.15, -0.1) is 11.3 Å². The van der Waals surface area contributed by atoms with Crippen LogP contribution in [0.4, 0.5) is 16.5 Å². The van der Waals surface area contributed by atoms with Crippen LogP contribution in [0.5, 0.6) is 0 Å². The van der Waals surface area contributed by atoms with Crippen molar-refractivity contribution in [2.75, 3.05) is 43.1 Å². The molecule has 0 radical (unpaired) electrons. The summed E-state index contributed by atoms with van der Waals surface area (Å²) >= 11 is 1.27. The third kappa shape index (κ3) is 7.77. The van der Waals surface area contributed by atoms with Crippen LogP contribution < -0.4 is 21.3 Å². The summed E-state index contributed by atoms with van der Waals surface area (Å²) in [6, 6.07) is 3.12. The average molecular weight is 557 g/mol. The van der Waals surface area contributed by atoms with Crippen LogP contribution >= 0.6 is 11.3 Å². The minimum atomic E-state index is -0.424. The number of hydrogen-bond donors (Lipinski definition) is 4. The Balaban J connectivity index is 1.69. The highest BCUT2D eigenvalue weighted by Gasteiger charge is 2.23. The number of carbonyl (C=O) groups excluding carboxylic acids is 4. The van der Waals surface area contributed by atoms with Crippen molar-refractivity contribution >= 4 is 51.5 Å². The molecule has 0 saturated heterocycles. The number of carbonyl (C=O) groups is 4. The van der Waals surface area contributed by atoms with E-state index in [4.69, 9.17) is 0 Å². The lowest BCUT2D eigenvalue weighted by Gasteiger charge is -2.10. The summed E-state index contributed by atoms with van der Waals surface area (Å²) < 4.78 is 3.19. The highest BCUT2D eigenvalue weighted by molar-refractivity contribution is 7.16. The monoisotopic (exact) mass is 556 g/mol. The molecule has 0 spiro atoms. The maximum Gasteiger partial charge on any atom is 0.274 e. The SMILES string of the molecule is CC(=O)Nc1cc(C(=O)Nc2cc(C(=O)Nc3nc(C(=O)NCCCN(C)C)c(C(C)C)s3)n(C)c2)n(C)c1. The van der Waals surface area contributed by atoms with Crippen LogP contribution in [0.25, 0.3) is 0 Å². The molecule has 13 heteroatoms. The van der Waals surface area contributed by atoms with E-state index in [0.717, 1.165) is 17.8 Å². The third-order valence-electron chi connectivity index (χ3n) is 5.73. The molecule has 0 aliphatic rings. The minimum absolute atomic E-state index is 0.0520. The van der Waals surface area contributed by atoms with E-state index >= 15 is 0 Å². The van der Waals surface area contributed by atoms with Crippen LogP contribution in [-0.4, -0.2) is 69.8 Å². The quantitative estimate of drug-likeness (QED) is 0.267. The summed E-state index contributed by atoms with van der Waals surface area (Å²) in [5, 5.41) is 11.4. The van der Waals surface area contributed by atoms with E-state index in [1.54, 1.807) is 47.8 Å². The first kappa shape index (κ1) is 29.6. The Hall–Kier alpha value is -3.97. The summed E-state index contributed by atoms with van der Waals surface area (Å²) in [5.41, 5.74) is 1.89. The van der Waals surface area contributed by atoms with E-state index in [9.17, 15) is 19.2 Å². The van der Waals surface area contributed by atoms with Gasteiger partial charge in [0.15, 0.2) is 5.13 Å². The summed E-state index contributed by atoms with van der Waals surface area (Å²) in [4.78, 5) is 57.2. The van der Waals surface area contributed by atoms with E-state index in [-0.39, 0.29) is 17.7 Å². The molecule has 4 amide bonds. The lowest BCUT2D eigenvalue weighted by Crippen LogP contribution is -2.28.